The lowest BCUT2D eigenvalue weighted by Crippen LogP contribution is -2.24. The highest BCUT2D eigenvalue weighted by molar-refractivity contribution is 5.92. The molecule has 0 unspecified atom stereocenters. The van der Waals surface area contributed by atoms with Gasteiger partial charge in [-0.1, -0.05) is 6.07 Å². The fourth-order valence-corrected chi connectivity index (χ4v) is 1.52. The number of rotatable bonds is 4. The highest BCUT2D eigenvalue weighted by Gasteiger charge is 2.09. The van der Waals surface area contributed by atoms with Gasteiger partial charge in [0.1, 0.15) is 17.5 Å². The van der Waals surface area contributed by atoms with Crippen molar-refractivity contribution in [1.29, 1.82) is 0 Å². The van der Waals surface area contributed by atoms with Gasteiger partial charge in [-0.2, -0.15) is 0 Å². The van der Waals surface area contributed by atoms with Crippen molar-refractivity contribution in [1.82, 2.24) is 15.5 Å². The average molecular weight is 278 g/mol. The molecule has 0 aliphatic carbocycles. The number of halogens is 2. The summed E-state index contributed by atoms with van der Waals surface area (Å²) < 4.78 is 26.1. The van der Waals surface area contributed by atoms with Gasteiger partial charge in [-0.25, -0.2) is 8.78 Å². The number of aromatic nitrogens is 2. The molecule has 5 nitrogen and oxygen atoms in total. The quantitative estimate of drug-likeness (QED) is 0.893. The smallest absolute Gasteiger partial charge is 0.272 e. The first kappa shape index (κ1) is 13.9. The van der Waals surface area contributed by atoms with Crippen LogP contribution in [0.25, 0.3) is 0 Å². The van der Waals surface area contributed by atoms with Crippen LogP contribution in [0.5, 0.6) is 0 Å². The molecule has 1 aromatic heterocycles. The Kier molecular flexibility index (Phi) is 4.19. The number of nitrogens with zero attached hydrogens (tertiary/aromatic N) is 2. The zero-order valence-electron chi connectivity index (χ0n) is 10.7. The van der Waals surface area contributed by atoms with Crippen LogP contribution in [0.1, 0.15) is 16.1 Å². The molecule has 20 heavy (non-hydrogen) atoms. The lowest BCUT2D eigenvalue weighted by atomic mass is 10.2. The van der Waals surface area contributed by atoms with Gasteiger partial charge in [0, 0.05) is 25.2 Å². The van der Waals surface area contributed by atoms with Crippen molar-refractivity contribution in [2.75, 3.05) is 12.4 Å². The van der Waals surface area contributed by atoms with Crippen LogP contribution in [0.15, 0.2) is 30.3 Å². The predicted octanol–water partition coefficient (Wildman–Crippen LogP) is 1.73. The summed E-state index contributed by atoms with van der Waals surface area (Å²) in [5.41, 5.74) is 0.311. The first-order chi connectivity index (χ1) is 9.60. The standard InChI is InChI=1S/C13H12F2N4O/c1-16-12-5-4-11(18-19-12)13(20)17-7-8-2-3-9(14)6-10(8)15/h2-6H,7H2,1H3,(H,16,19)(H,17,20). The Morgan fingerprint density at radius 2 is 2.00 bits per heavy atom. The Morgan fingerprint density at radius 1 is 1.20 bits per heavy atom. The number of hydrogen-bond acceptors (Lipinski definition) is 4. The number of amides is 1. The molecule has 1 aromatic carbocycles. The fraction of sp³-hybridized carbons (Fsp3) is 0.154. The molecule has 0 bridgehead atoms. The summed E-state index contributed by atoms with van der Waals surface area (Å²) in [5, 5.41) is 12.7. The van der Waals surface area contributed by atoms with Crippen LogP contribution < -0.4 is 10.6 Å². The van der Waals surface area contributed by atoms with E-state index in [2.05, 4.69) is 20.8 Å². The van der Waals surface area contributed by atoms with E-state index in [1.54, 1.807) is 13.1 Å². The Labute approximate surface area is 114 Å². The molecular formula is C13H12F2N4O. The zero-order valence-corrected chi connectivity index (χ0v) is 10.7. The third-order valence-electron chi connectivity index (χ3n) is 2.61. The number of hydrogen-bond donors (Lipinski definition) is 2. The van der Waals surface area contributed by atoms with E-state index in [4.69, 9.17) is 0 Å². The summed E-state index contributed by atoms with van der Waals surface area (Å²) >= 11 is 0. The summed E-state index contributed by atoms with van der Waals surface area (Å²) in [6.45, 7) is -0.0552. The molecule has 1 heterocycles. The van der Waals surface area contributed by atoms with Gasteiger partial charge < -0.3 is 10.6 Å². The number of anilines is 1. The van der Waals surface area contributed by atoms with Crippen LogP contribution >= 0.6 is 0 Å². The molecule has 1 amide bonds. The lowest BCUT2D eigenvalue weighted by molar-refractivity contribution is 0.0944. The largest absolute Gasteiger partial charge is 0.372 e. The molecule has 2 rings (SSSR count). The van der Waals surface area contributed by atoms with Gasteiger partial charge in [0.2, 0.25) is 0 Å². The van der Waals surface area contributed by atoms with Gasteiger partial charge in [0.15, 0.2) is 5.69 Å². The van der Waals surface area contributed by atoms with Gasteiger partial charge in [0.25, 0.3) is 5.91 Å². The summed E-state index contributed by atoms with van der Waals surface area (Å²) in [6, 6.07) is 6.27. The van der Waals surface area contributed by atoms with Crippen LogP contribution in [0.2, 0.25) is 0 Å². The highest BCUT2D eigenvalue weighted by atomic mass is 19.1. The normalized spacial score (nSPS) is 10.2. The van der Waals surface area contributed by atoms with Crippen LogP contribution in [-0.2, 0) is 6.54 Å². The molecule has 0 atom stereocenters. The van der Waals surface area contributed by atoms with Crippen molar-refractivity contribution < 1.29 is 13.6 Å². The Balaban J connectivity index is 2.00. The SMILES string of the molecule is CNc1ccc(C(=O)NCc2ccc(F)cc2F)nn1. The average Bonchev–Trinajstić information content (AvgIpc) is 2.46. The number of nitrogens with one attached hydrogen (secondary N) is 2. The van der Waals surface area contributed by atoms with Gasteiger partial charge >= 0.3 is 0 Å². The second-order valence-corrected chi connectivity index (χ2v) is 3.97. The van der Waals surface area contributed by atoms with Crippen molar-refractivity contribution in [3.63, 3.8) is 0 Å². The summed E-state index contributed by atoms with van der Waals surface area (Å²) in [4.78, 5) is 11.8. The molecule has 2 aromatic rings. The summed E-state index contributed by atoms with van der Waals surface area (Å²) in [5.74, 6) is -1.32. The molecule has 2 N–H and O–H groups in total. The van der Waals surface area contributed by atoms with Crippen molar-refractivity contribution in [2.45, 2.75) is 6.54 Å². The zero-order chi connectivity index (χ0) is 14.5. The molecule has 0 saturated heterocycles. The first-order valence-electron chi connectivity index (χ1n) is 5.84. The molecule has 104 valence electrons. The maximum atomic E-state index is 13.4. The molecule has 0 fully saturated rings. The van der Waals surface area contributed by atoms with Gasteiger partial charge in [-0.05, 0) is 18.2 Å². The van der Waals surface area contributed by atoms with Gasteiger partial charge in [-0.15, -0.1) is 10.2 Å². The highest BCUT2D eigenvalue weighted by Crippen LogP contribution is 2.09. The van der Waals surface area contributed by atoms with E-state index >= 15 is 0 Å². The van der Waals surface area contributed by atoms with E-state index < -0.39 is 17.5 Å². The number of carbonyl (C=O) groups is 1. The molecular weight excluding hydrogens is 266 g/mol. The fourth-order valence-electron chi connectivity index (χ4n) is 1.52. The van der Waals surface area contributed by atoms with Crippen LogP contribution in [0, 0.1) is 11.6 Å². The Bertz CT molecular complexity index is 616. The molecule has 0 saturated carbocycles. The van der Waals surface area contributed by atoms with Crippen LogP contribution in [0.3, 0.4) is 0 Å². The summed E-state index contributed by atoms with van der Waals surface area (Å²) in [6.07, 6.45) is 0. The van der Waals surface area contributed by atoms with Crippen molar-refractivity contribution in [3.8, 4) is 0 Å². The van der Waals surface area contributed by atoms with Crippen LogP contribution in [-0.4, -0.2) is 23.2 Å². The molecule has 0 spiro atoms. The first-order valence-corrected chi connectivity index (χ1v) is 5.84. The van der Waals surface area contributed by atoms with Crippen molar-refractivity contribution in [3.05, 3.63) is 53.2 Å². The monoisotopic (exact) mass is 278 g/mol. The van der Waals surface area contributed by atoms with E-state index in [9.17, 15) is 13.6 Å². The molecule has 7 heteroatoms. The van der Waals surface area contributed by atoms with E-state index in [0.717, 1.165) is 12.1 Å². The van der Waals surface area contributed by atoms with Crippen molar-refractivity contribution >= 4 is 11.7 Å². The van der Waals surface area contributed by atoms with Crippen LogP contribution in [0.4, 0.5) is 14.6 Å². The topological polar surface area (TPSA) is 66.9 Å². The van der Waals surface area contributed by atoms with Gasteiger partial charge in [0.05, 0.1) is 0 Å². The van der Waals surface area contributed by atoms with E-state index in [0.29, 0.717) is 5.82 Å². The molecule has 0 aliphatic rings. The number of benzene rings is 1. The number of carbonyl (C=O) groups excluding carboxylic acids is 1. The van der Waals surface area contributed by atoms with Gasteiger partial charge in [-0.3, -0.25) is 4.79 Å². The maximum absolute atomic E-state index is 13.4. The van der Waals surface area contributed by atoms with E-state index in [1.165, 1.54) is 12.1 Å². The second kappa shape index (κ2) is 6.05. The maximum Gasteiger partial charge on any atom is 0.272 e. The van der Waals surface area contributed by atoms with E-state index in [1.807, 2.05) is 0 Å². The summed E-state index contributed by atoms with van der Waals surface area (Å²) in [7, 11) is 1.68. The molecule has 0 aliphatic heterocycles. The lowest BCUT2D eigenvalue weighted by Gasteiger charge is -2.06. The third-order valence-corrected chi connectivity index (χ3v) is 2.61. The minimum absolute atomic E-state index is 0.0552. The Morgan fingerprint density at radius 3 is 2.60 bits per heavy atom. The minimum atomic E-state index is -0.707. The Hall–Kier alpha value is -2.57. The second-order valence-electron chi connectivity index (χ2n) is 3.97. The van der Waals surface area contributed by atoms with E-state index in [-0.39, 0.29) is 17.8 Å². The predicted molar refractivity (Wildman–Crippen MR) is 69.1 cm³/mol. The minimum Gasteiger partial charge on any atom is -0.372 e. The third kappa shape index (κ3) is 3.25. The molecule has 0 radical (unpaired) electrons. The van der Waals surface area contributed by atoms with Crippen molar-refractivity contribution in [2.24, 2.45) is 0 Å².